The quantitative estimate of drug-likeness (QED) is 0.858. The number of rotatable bonds is 6. The Labute approximate surface area is 131 Å². The zero-order valence-electron chi connectivity index (χ0n) is 12.9. The van der Waals surface area contributed by atoms with Gasteiger partial charge in [0, 0.05) is 37.1 Å². The SMILES string of the molecule is CCS(=O)(=O)CCNc1cc(C(=O)N2CCCCC2)ccn1. The van der Waals surface area contributed by atoms with Crippen LogP contribution in [0.3, 0.4) is 0 Å². The molecule has 0 atom stereocenters. The van der Waals surface area contributed by atoms with Crippen molar-refractivity contribution in [2.24, 2.45) is 0 Å². The van der Waals surface area contributed by atoms with Crippen LogP contribution in [0.2, 0.25) is 0 Å². The Morgan fingerprint density at radius 1 is 1.32 bits per heavy atom. The highest BCUT2D eigenvalue weighted by Gasteiger charge is 2.18. The molecule has 7 heteroatoms. The lowest BCUT2D eigenvalue weighted by Crippen LogP contribution is -2.35. The number of hydrogen-bond acceptors (Lipinski definition) is 5. The maximum absolute atomic E-state index is 12.4. The Hall–Kier alpha value is -1.63. The van der Waals surface area contributed by atoms with Crippen LogP contribution < -0.4 is 5.32 Å². The molecule has 1 aromatic heterocycles. The maximum Gasteiger partial charge on any atom is 0.254 e. The van der Waals surface area contributed by atoms with Gasteiger partial charge in [0.15, 0.2) is 9.84 Å². The van der Waals surface area contributed by atoms with Crippen LogP contribution in [-0.4, -0.2) is 55.3 Å². The molecule has 0 radical (unpaired) electrons. The van der Waals surface area contributed by atoms with Gasteiger partial charge in [-0.25, -0.2) is 13.4 Å². The topological polar surface area (TPSA) is 79.4 Å². The number of amides is 1. The first-order valence-electron chi connectivity index (χ1n) is 7.71. The monoisotopic (exact) mass is 325 g/mol. The summed E-state index contributed by atoms with van der Waals surface area (Å²) in [5, 5.41) is 2.97. The summed E-state index contributed by atoms with van der Waals surface area (Å²) in [4.78, 5) is 18.4. The largest absolute Gasteiger partial charge is 0.369 e. The summed E-state index contributed by atoms with van der Waals surface area (Å²) in [5.41, 5.74) is 0.595. The molecule has 1 aliphatic heterocycles. The predicted molar refractivity (Wildman–Crippen MR) is 86.8 cm³/mol. The molecule has 1 amide bonds. The molecule has 0 aliphatic carbocycles. The highest BCUT2D eigenvalue weighted by molar-refractivity contribution is 7.91. The second kappa shape index (κ2) is 7.58. The van der Waals surface area contributed by atoms with E-state index in [1.54, 1.807) is 25.3 Å². The molecule has 122 valence electrons. The molecular formula is C15H23N3O3S. The molecule has 1 N–H and O–H groups in total. The van der Waals surface area contributed by atoms with Crippen LogP contribution in [0.4, 0.5) is 5.82 Å². The molecule has 1 aliphatic rings. The van der Waals surface area contributed by atoms with E-state index in [1.807, 2.05) is 4.90 Å². The van der Waals surface area contributed by atoms with Gasteiger partial charge in [0.2, 0.25) is 0 Å². The Morgan fingerprint density at radius 3 is 2.73 bits per heavy atom. The Morgan fingerprint density at radius 2 is 2.05 bits per heavy atom. The van der Waals surface area contributed by atoms with Gasteiger partial charge in [-0.1, -0.05) is 6.92 Å². The average molecular weight is 325 g/mol. The van der Waals surface area contributed by atoms with Crippen molar-refractivity contribution in [3.8, 4) is 0 Å². The molecule has 0 saturated carbocycles. The normalized spacial score (nSPS) is 15.6. The van der Waals surface area contributed by atoms with E-state index in [0.717, 1.165) is 25.9 Å². The van der Waals surface area contributed by atoms with Crippen LogP contribution in [0.5, 0.6) is 0 Å². The molecular weight excluding hydrogens is 302 g/mol. The van der Waals surface area contributed by atoms with Crippen molar-refractivity contribution >= 4 is 21.6 Å². The van der Waals surface area contributed by atoms with Crippen molar-refractivity contribution in [3.05, 3.63) is 23.9 Å². The summed E-state index contributed by atoms with van der Waals surface area (Å²) < 4.78 is 22.9. The van der Waals surface area contributed by atoms with Gasteiger partial charge in [0.05, 0.1) is 5.75 Å². The lowest BCUT2D eigenvalue weighted by atomic mass is 10.1. The first-order valence-corrected chi connectivity index (χ1v) is 9.53. The number of aromatic nitrogens is 1. The molecule has 2 rings (SSSR count). The van der Waals surface area contributed by atoms with E-state index < -0.39 is 9.84 Å². The van der Waals surface area contributed by atoms with Gasteiger partial charge in [0.25, 0.3) is 5.91 Å². The molecule has 0 bridgehead atoms. The summed E-state index contributed by atoms with van der Waals surface area (Å²) in [6, 6.07) is 3.39. The standard InChI is InChI=1S/C15H23N3O3S/c1-2-22(20,21)11-8-17-14-12-13(6-7-16-14)15(19)18-9-4-3-5-10-18/h6-7,12H,2-5,8-11H2,1H3,(H,16,17). The molecule has 1 aromatic rings. The van der Waals surface area contributed by atoms with Crippen LogP contribution in [0.25, 0.3) is 0 Å². The first-order chi connectivity index (χ1) is 10.5. The number of anilines is 1. The number of pyridine rings is 1. The molecule has 0 spiro atoms. The summed E-state index contributed by atoms with van der Waals surface area (Å²) >= 11 is 0. The summed E-state index contributed by atoms with van der Waals surface area (Å²) in [5.74, 6) is 0.755. The van der Waals surface area contributed by atoms with E-state index in [9.17, 15) is 13.2 Å². The Balaban J connectivity index is 1.96. The van der Waals surface area contributed by atoms with Gasteiger partial charge in [-0.2, -0.15) is 0 Å². The van der Waals surface area contributed by atoms with Crippen molar-refractivity contribution in [2.75, 3.05) is 36.5 Å². The number of sulfone groups is 1. The van der Waals surface area contributed by atoms with Gasteiger partial charge in [-0.15, -0.1) is 0 Å². The van der Waals surface area contributed by atoms with E-state index in [4.69, 9.17) is 0 Å². The van der Waals surface area contributed by atoms with Crippen molar-refractivity contribution in [3.63, 3.8) is 0 Å². The van der Waals surface area contributed by atoms with Crippen molar-refractivity contribution in [2.45, 2.75) is 26.2 Å². The van der Waals surface area contributed by atoms with Gasteiger partial charge in [-0.05, 0) is 31.4 Å². The lowest BCUT2D eigenvalue weighted by molar-refractivity contribution is 0.0724. The third-order valence-electron chi connectivity index (χ3n) is 3.81. The fourth-order valence-corrected chi connectivity index (χ4v) is 3.12. The number of carbonyl (C=O) groups excluding carboxylic acids is 1. The summed E-state index contributed by atoms with van der Waals surface area (Å²) in [6.45, 7) is 3.54. The highest BCUT2D eigenvalue weighted by Crippen LogP contribution is 2.14. The number of carbonyl (C=O) groups is 1. The Bertz CT molecular complexity index is 610. The zero-order chi connectivity index (χ0) is 16.0. The minimum absolute atomic E-state index is 0.0197. The van der Waals surface area contributed by atoms with Gasteiger partial charge in [0.1, 0.15) is 5.82 Å². The maximum atomic E-state index is 12.4. The molecule has 2 heterocycles. The number of nitrogens with zero attached hydrogens (tertiary/aromatic N) is 2. The minimum atomic E-state index is -3.00. The van der Waals surface area contributed by atoms with Gasteiger partial charge < -0.3 is 10.2 Å². The van der Waals surface area contributed by atoms with Crippen LogP contribution in [0.15, 0.2) is 18.3 Å². The smallest absolute Gasteiger partial charge is 0.254 e. The Kier molecular flexibility index (Phi) is 5.76. The first kappa shape index (κ1) is 16.7. The second-order valence-electron chi connectivity index (χ2n) is 5.45. The fourth-order valence-electron chi connectivity index (χ4n) is 2.42. The lowest BCUT2D eigenvalue weighted by Gasteiger charge is -2.26. The summed E-state index contributed by atoms with van der Waals surface area (Å²) in [6.07, 6.45) is 4.86. The summed E-state index contributed by atoms with van der Waals surface area (Å²) in [7, 11) is -3.00. The van der Waals surface area contributed by atoms with Gasteiger partial charge in [-0.3, -0.25) is 4.79 Å². The van der Waals surface area contributed by atoms with Crippen LogP contribution in [0.1, 0.15) is 36.5 Å². The average Bonchev–Trinajstić information content (AvgIpc) is 2.55. The van der Waals surface area contributed by atoms with Crippen LogP contribution >= 0.6 is 0 Å². The van der Waals surface area contributed by atoms with Crippen LogP contribution in [-0.2, 0) is 9.84 Å². The van der Waals surface area contributed by atoms with E-state index in [2.05, 4.69) is 10.3 Å². The van der Waals surface area contributed by atoms with Crippen molar-refractivity contribution in [1.29, 1.82) is 0 Å². The van der Waals surface area contributed by atoms with Crippen molar-refractivity contribution < 1.29 is 13.2 Å². The second-order valence-corrected chi connectivity index (χ2v) is 7.92. The van der Waals surface area contributed by atoms with E-state index in [0.29, 0.717) is 17.9 Å². The van der Waals surface area contributed by atoms with E-state index in [-0.39, 0.29) is 17.4 Å². The third kappa shape index (κ3) is 4.69. The number of hydrogen-bond donors (Lipinski definition) is 1. The zero-order valence-corrected chi connectivity index (χ0v) is 13.7. The number of piperidine rings is 1. The van der Waals surface area contributed by atoms with E-state index in [1.165, 1.54) is 6.42 Å². The molecule has 22 heavy (non-hydrogen) atoms. The molecule has 0 unspecified atom stereocenters. The van der Waals surface area contributed by atoms with Crippen molar-refractivity contribution in [1.82, 2.24) is 9.88 Å². The van der Waals surface area contributed by atoms with Crippen LogP contribution in [0, 0.1) is 0 Å². The van der Waals surface area contributed by atoms with Gasteiger partial charge >= 0.3 is 0 Å². The molecule has 1 saturated heterocycles. The van der Waals surface area contributed by atoms with E-state index >= 15 is 0 Å². The number of likely N-dealkylation sites (tertiary alicyclic amines) is 1. The highest BCUT2D eigenvalue weighted by atomic mass is 32.2. The third-order valence-corrected chi connectivity index (χ3v) is 5.51. The minimum Gasteiger partial charge on any atom is -0.369 e. The molecule has 0 aromatic carbocycles. The predicted octanol–water partition coefficient (Wildman–Crippen LogP) is 1.55. The molecule has 1 fully saturated rings. The fraction of sp³-hybridized carbons (Fsp3) is 0.600. The number of nitrogens with one attached hydrogen (secondary N) is 1. The molecule has 6 nitrogen and oxygen atoms in total.